The van der Waals surface area contributed by atoms with Gasteiger partial charge < -0.3 is 35.5 Å². The minimum atomic E-state index is -1.42. The van der Waals surface area contributed by atoms with Crippen molar-refractivity contribution < 1.29 is 48.8 Å². The number of rotatable bonds is 9. The Morgan fingerprint density at radius 3 is 2.50 bits per heavy atom. The molecule has 60 heavy (non-hydrogen) atoms. The molecule has 3 aliphatic rings. The van der Waals surface area contributed by atoms with Gasteiger partial charge in [0.05, 0.1) is 31.0 Å². The molecule has 4 rings (SSSR count). The average Bonchev–Trinajstić information content (AvgIpc) is 3.76. The molecule has 4 amide bonds. The lowest BCUT2D eigenvalue weighted by Gasteiger charge is -2.36. The van der Waals surface area contributed by atoms with Crippen molar-refractivity contribution in [2.24, 2.45) is 22.7 Å². The Balaban J connectivity index is 1.71. The van der Waals surface area contributed by atoms with Crippen molar-refractivity contribution in [1.82, 2.24) is 26.0 Å². The van der Waals surface area contributed by atoms with Crippen LogP contribution in [0.25, 0.3) is 0 Å². The Bertz CT molecular complexity index is 1860. The average molecular weight is 833 g/mol. The number of esters is 1. The molecular weight excluding hydrogens is 773 g/mol. The van der Waals surface area contributed by atoms with Crippen LogP contribution < -0.4 is 16.1 Å². The topological polar surface area (TPSA) is 227 Å². The van der Waals surface area contributed by atoms with Crippen LogP contribution in [0.5, 0.6) is 5.75 Å². The highest BCUT2D eigenvalue weighted by Crippen LogP contribution is 2.24. The van der Waals surface area contributed by atoms with Crippen molar-refractivity contribution in [3.63, 3.8) is 0 Å². The van der Waals surface area contributed by atoms with Gasteiger partial charge in [0.15, 0.2) is 0 Å². The molecule has 16 heteroatoms. The molecule has 0 aliphatic carbocycles. The Morgan fingerprint density at radius 1 is 1.05 bits per heavy atom. The number of aliphatic hydroxyl groups is 2. The highest BCUT2D eigenvalue weighted by atomic mass is 16.5. The van der Waals surface area contributed by atoms with Gasteiger partial charge in [-0.3, -0.25) is 38.9 Å². The van der Waals surface area contributed by atoms with Crippen molar-refractivity contribution in [3.8, 4) is 5.75 Å². The number of aliphatic hydroxyl groups excluding tert-OH is 2. The summed E-state index contributed by atoms with van der Waals surface area (Å²) in [6.45, 7) is 9.33. The summed E-state index contributed by atoms with van der Waals surface area (Å²) in [5.41, 5.74) is 4.15. The largest absolute Gasteiger partial charge is 0.508 e. The second kappa shape index (κ2) is 22.8. The normalized spacial score (nSPS) is 29.0. The van der Waals surface area contributed by atoms with Gasteiger partial charge in [0.2, 0.25) is 11.8 Å². The molecule has 0 aromatic heterocycles. The van der Waals surface area contributed by atoms with Gasteiger partial charge in [0.1, 0.15) is 35.8 Å². The molecule has 8 atom stereocenters. The maximum absolute atomic E-state index is 14.3. The summed E-state index contributed by atoms with van der Waals surface area (Å²) >= 11 is 0. The Hall–Kier alpha value is -5.45. The number of ketones is 1. The number of hydrogen-bond donors (Lipinski definition) is 6. The first-order chi connectivity index (χ1) is 28.5. The maximum Gasteiger partial charge on any atom is 0.325 e. The maximum atomic E-state index is 14.3. The molecule has 1 aromatic carbocycles. The lowest BCUT2D eigenvalue weighted by atomic mass is 9.84. The minimum Gasteiger partial charge on any atom is -0.508 e. The van der Waals surface area contributed by atoms with Crippen LogP contribution in [-0.4, -0.2) is 123 Å². The Kier molecular flexibility index (Phi) is 17.9. The summed E-state index contributed by atoms with van der Waals surface area (Å²) < 4.78 is 6.03. The van der Waals surface area contributed by atoms with Crippen LogP contribution in [0.3, 0.4) is 0 Å². The van der Waals surface area contributed by atoms with Crippen LogP contribution in [0.1, 0.15) is 72.3 Å². The van der Waals surface area contributed by atoms with Gasteiger partial charge in [-0.1, -0.05) is 69.4 Å². The number of carbonyl (C=O) groups is 6. The van der Waals surface area contributed by atoms with Crippen LogP contribution in [0, 0.1) is 17.8 Å². The van der Waals surface area contributed by atoms with E-state index in [9.17, 15) is 44.1 Å². The van der Waals surface area contributed by atoms with Crippen molar-refractivity contribution in [1.29, 1.82) is 0 Å². The fourth-order valence-electron chi connectivity index (χ4n) is 7.08. The molecule has 0 saturated carbocycles. The molecular formula is C44H60N6O10. The number of amides is 4. The van der Waals surface area contributed by atoms with E-state index in [0.717, 1.165) is 0 Å². The molecule has 326 valence electrons. The van der Waals surface area contributed by atoms with Gasteiger partial charge in [0, 0.05) is 44.3 Å². The number of phenolic OH excluding ortho intramolecular Hbond substituents is 1. The number of aliphatic imine (C=N–C) groups is 1. The zero-order valence-corrected chi connectivity index (χ0v) is 35.0. The lowest BCUT2D eigenvalue weighted by molar-refractivity contribution is -0.156. The first-order valence-corrected chi connectivity index (χ1v) is 20.6. The van der Waals surface area contributed by atoms with Crippen molar-refractivity contribution in [2.45, 2.75) is 110 Å². The second-order valence-corrected chi connectivity index (χ2v) is 16.0. The van der Waals surface area contributed by atoms with Crippen LogP contribution in [0.4, 0.5) is 0 Å². The van der Waals surface area contributed by atoms with Crippen molar-refractivity contribution in [3.05, 3.63) is 77.9 Å². The number of aromatic hydroxyl groups is 1. The summed E-state index contributed by atoms with van der Waals surface area (Å²) in [6, 6.07) is 2.90. The number of allylic oxidation sites excluding steroid dienone is 4. The van der Waals surface area contributed by atoms with Gasteiger partial charge in [0.25, 0.3) is 11.8 Å². The van der Waals surface area contributed by atoms with E-state index >= 15 is 0 Å². The molecule has 16 nitrogen and oxygen atoms in total. The second-order valence-electron chi connectivity index (χ2n) is 16.0. The highest BCUT2D eigenvalue weighted by Gasteiger charge is 2.38. The monoisotopic (exact) mass is 832 g/mol. The summed E-state index contributed by atoms with van der Waals surface area (Å²) in [5, 5.41) is 39.6. The predicted molar refractivity (Wildman–Crippen MR) is 224 cm³/mol. The third-order valence-electron chi connectivity index (χ3n) is 10.8. The third-order valence-corrected chi connectivity index (χ3v) is 10.8. The van der Waals surface area contributed by atoms with E-state index < -0.39 is 77.9 Å². The Labute approximate surface area is 351 Å². The standard InChI is InChI=1S/C44H60N6O10/c1-27(2)39-42(57)46-35(25-31-13-10-14-32(52)24-31)43(58)50-22-11-15-34(48-50)44(59)60-37(28(3)12-9-18-38(54)49-23-21-45-26-49)17-8-6-7-16-36(53)30(5)40(55)33(41(56)47-39)20-19-29(4)51/h6-10,12-14,16,18,24,26-27,30,33-37,39-40,48,52-53,55H,11,15,17,19-23,25H2,1-5H3,(H,46,57)(H,47,56)/b8-6+,16-7+,18-9+,28-12+/t30-,33+,34?,35-,36-,37-,39-,40+/m0/s1. The number of hydrogen-bond acceptors (Lipinski definition) is 12. The number of cyclic esters (lactones) is 1. The number of hydrazine groups is 1. The molecule has 0 spiro atoms. The molecule has 3 heterocycles. The van der Waals surface area contributed by atoms with Crippen LogP contribution in [0.2, 0.25) is 0 Å². The van der Waals surface area contributed by atoms with Gasteiger partial charge in [-0.25, -0.2) is 5.43 Å². The number of phenols is 1. The molecule has 1 unspecified atom stereocenters. The SMILES string of the molecule is CC(=O)CC[C@H]1C(=O)N[C@@H](C(C)C)C(=O)N[C@@H](Cc2cccc(O)c2)C(=O)N2CCCC(N2)C(=O)O[C@H](/C(C)=C/C=C/C(=O)N2C=NCC2)C/C=C/C=C/[C@H](O)[C@H](C)[C@H]1O. The molecule has 6 N–H and O–H groups in total. The number of nitrogens with one attached hydrogen (secondary N) is 3. The number of Topliss-reactive ketones (excluding diaryl/α,β-unsaturated/α-hetero) is 1. The number of nitrogens with zero attached hydrogens (tertiary/aromatic N) is 3. The highest BCUT2D eigenvalue weighted by molar-refractivity contribution is 5.96. The quantitative estimate of drug-likeness (QED) is 0.120. The van der Waals surface area contributed by atoms with E-state index in [-0.39, 0.29) is 49.7 Å². The first-order valence-electron chi connectivity index (χ1n) is 20.6. The van der Waals surface area contributed by atoms with Crippen LogP contribution >= 0.6 is 0 Å². The summed E-state index contributed by atoms with van der Waals surface area (Å²) in [6.07, 6.45) is 9.93. The minimum absolute atomic E-state index is 0.0294. The number of carbonyl (C=O) groups excluding carboxylic acids is 6. The summed E-state index contributed by atoms with van der Waals surface area (Å²) in [7, 11) is 0. The lowest BCUT2D eigenvalue weighted by Crippen LogP contribution is -2.62. The van der Waals surface area contributed by atoms with Crippen molar-refractivity contribution >= 4 is 41.7 Å². The van der Waals surface area contributed by atoms with Crippen LogP contribution in [0.15, 0.2) is 77.4 Å². The number of benzene rings is 1. The Morgan fingerprint density at radius 2 is 1.82 bits per heavy atom. The van der Waals surface area contributed by atoms with E-state index in [0.29, 0.717) is 37.1 Å². The fourth-order valence-corrected chi connectivity index (χ4v) is 7.08. The van der Waals surface area contributed by atoms with Gasteiger partial charge >= 0.3 is 5.97 Å². The van der Waals surface area contributed by atoms with E-state index in [2.05, 4.69) is 21.1 Å². The van der Waals surface area contributed by atoms with Crippen molar-refractivity contribution in [2.75, 3.05) is 19.6 Å². The molecule has 3 aliphatic heterocycles. The van der Waals surface area contributed by atoms with E-state index in [1.807, 2.05) is 0 Å². The molecule has 2 bridgehead atoms. The number of fused-ring (bicyclic) bond motifs is 2. The molecule has 1 fully saturated rings. The van der Waals surface area contributed by atoms with E-state index in [1.54, 1.807) is 70.2 Å². The molecule has 0 radical (unpaired) electrons. The van der Waals surface area contributed by atoms with E-state index in [1.165, 1.54) is 47.5 Å². The van der Waals surface area contributed by atoms with Gasteiger partial charge in [-0.15, -0.1) is 0 Å². The van der Waals surface area contributed by atoms with E-state index in [4.69, 9.17) is 4.74 Å². The fraction of sp³-hybridized carbons (Fsp3) is 0.523. The molecule has 1 saturated heterocycles. The first kappa shape index (κ1) is 47.2. The van der Waals surface area contributed by atoms with Gasteiger partial charge in [-0.2, -0.15) is 0 Å². The van der Waals surface area contributed by atoms with Crippen LogP contribution in [-0.2, 0) is 39.9 Å². The summed E-state index contributed by atoms with van der Waals surface area (Å²) in [4.78, 5) is 86.2. The zero-order chi connectivity index (χ0) is 43.9. The number of ether oxygens (including phenoxy) is 1. The zero-order valence-electron chi connectivity index (χ0n) is 35.0. The summed E-state index contributed by atoms with van der Waals surface area (Å²) in [5.74, 6) is -5.63. The molecule has 1 aromatic rings. The third kappa shape index (κ3) is 13.8. The smallest absolute Gasteiger partial charge is 0.325 e. The van der Waals surface area contributed by atoms with Gasteiger partial charge in [-0.05, 0) is 62.3 Å². The predicted octanol–water partition coefficient (Wildman–Crippen LogP) is 2.20.